The molecule has 1 unspecified atom stereocenters. The van der Waals surface area contributed by atoms with Crippen molar-refractivity contribution in [3.8, 4) is 16.2 Å². The van der Waals surface area contributed by atoms with Gasteiger partial charge in [0.15, 0.2) is 5.13 Å². The number of rotatable bonds is 10. The van der Waals surface area contributed by atoms with Crippen LogP contribution in [0.15, 0.2) is 54.7 Å². The van der Waals surface area contributed by atoms with Gasteiger partial charge in [-0.1, -0.05) is 75.8 Å². The highest BCUT2D eigenvalue weighted by atomic mass is 32.1. The van der Waals surface area contributed by atoms with E-state index < -0.39 is 29.4 Å². The molecular weight excluding hydrogens is 481 g/mol. The van der Waals surface area contributed by atoms with Crippen molar-refractivity contribution in [1.29, 1.82) is 0 Å². The van der Waals surface area contributed by atoms with Crippen LogP contribution in [0.2, 0.25) is 0 Å². The monoisotopic (exact) mass is 513 g/mol. The first kappa shape index (κ1) is 27.3. The molecule has 0 radical (unpaired) electrons. The molecule has 2 atom stereocenters. The number of aromatic nitrogens is 1. The van der Waals surface area contributed by atoms with E-state index in [0.717, 1.165) is 16.0 Å². The number of anilines is 1. The third-order valence-corrected chi connectivity index (χ3v) is 6.43. The minimum Gasteiger partial charge on any atom is -0.489 e. The Morgan fingerprint density at radius 2 is 1.89 bits per heavy atom. The van der Waals surface area contributed by atoms with Crippen LogP contribution in [0.4, 0.5) is 9.52 Å². The molecular formula is C27H32FN3O4S. The number of ether oxygens (including phenoxy) is 1. The predicted octanol–water partition coefficient (Wildman–Crippen LogP) is 5.16. The van der Waals surface area contributed by atoms with Gasteiger partial charge < -0.3 is 20.5 Å². The van der Waals surface area contributed by atoms with E-state index in [1.54, 1.807) is 39.1 Å². The molecule has 192 valence electrons. The summed E-state index contributed by atoms with van der Waals surface area (Å²) in [5.41, 5.74) is 1.13. The molecule has 0 aliphatic heterocycles. The average Bonchev–Trinajstić information content (AvgIpc) is 3.29. The number of hydrogen-bond acceptors (Lipinski definition) is 6. The molecule has 1 aromatic heterocycles. The highest BCUT2D eigenvalue weighted by Gasteiger charge is 2.32. The molecule has 7 nitrogen and oxygen atoms in total. The summed E-state index contributed by atoms with van der Waals surface area (Å²) in [5.74, 6) is -0.908. The maximum Gasteiger partial charge on any atom is 0.250 e. The lowest BCUT2D eigenvalue weighted by Crippen LogP contribution is -2.50. The number of aliphatic hydroxyl groups excluding tert-OH is 1. The summed E-state index contributed by atoms with van der Waals surface area (Å²) in [7, 11) is 0. The van der Waals surface area contributed by atoms with Crippen LogP contribution in [0.25, 0.3) is 10.4 Å². The smallest absolute Gasteiger partial charge is 0.250 e. The maximum absolute atomic E-state index is 13.5. The SMILES string of the molecule is CCCC(NC(=O)[C@@H](O)C(C)(C)C)C(=O)Nc1ncc(-c2ccccc2COc2cccc(F)c2)s1. The van der Waals surface area contributed by atoms with Crippen LogP contribution >= 0.6 is 11.3 Å². The van der Waals surface area contributed by atoms with Gasteiger partial charge in [-0.25, -0.2) is 9.37 Å². The molecule has 0 saturated heterocycles. The molecule has 0 aliphatic rings. The fourth-order valence-corrected chi connectivity index (χ4v) is 4.33. The lowest BCUT2D eigenvalue weighted by molar-refractivity contribution is -0.137. The molecule has 2 amide bonds. The Hall–Kier alpha value is -3.30. The second-order valence-corrected chi connectivity index (χ2v) is 10.6. The number of nitrogens with one attached hydrogen (secondary N) is 2. The molecule has 3 aromatic rings. The fourth-order valence-electron chi connectivity index (χ4n) is 3.45. The zero-order valence-corrected chi connectivity index (χ0v) is 21.7. The van der Waals surface area contributed by atoms with Gasteiger partial charge in [-0.15, -0.1) is 0 Å². The molecule has 3 N–H and O–H groups in total. The largest absolute Gasteiger partial charge is 0.489 e. The van der Waals surface area contributed by atoms with Crippen molar-refractivity contribution in [3.05, 3.63) is 66.1 Å². The molecule has 0 saturated carbocycles. The van der Waals surface area contributed by atoms with Crippen LogP contribution in [0.3, 0.4) is 0 Å². The number of carbonyl (C=O) groups is 2. The predicted molar refractivity (Wildman–Crippen MR) is 139 cm³/mol. The van der Waals surface area contributed by atoms with Crippen LogP contribution in [0.1, 0.15) is 46.1 Å². The van der Waals surface area contributed by atoms with Crippen molar-refractivity contribution in [2.24, 2.45) is 5.41 Å². The number of nitrogens with zero attached hydrogens (tertiary/aromatic N) is 1. The number of aliphatic hydroxyl groups is 1. The number of benzene rings is 2. The van der Waals surface area contributed by atoms with Gasteiger partial charge in [-0.3, -0.25) is 9.59 Å². The van der Waals surface area contributed by atoms with E-state index in [0.29, 0.717) is 23.7 Å². The van der Waals surface area contributed by atoms with E-state index in [-0.39, 0.29) is 12.4 Å². The summed E-state index contributed by atoms with van der Waals surface area (Å²) in [5, 5.41) is 16.1. The van der Waals surface area contributed by atoms with Crippen LogP contribution in [-0.4, -0.2) is 34.1 Å². The van der Waals surface area contributed by atoms with Gasteiger partial charge in [-0.05, 0) is 35.1 Å². The number of carbonyl (C=O) groups excluding carboxylic acids is 2. The van der Waals surface area contributed by atoms with Gasteiger partial charge in [0, 0.05) is 12.3 Å². The normalized spacial score (nSPS) is 13.1. The Balaban J connectivity index is 1.70. The standard InChI is InChI=1S/C27H32FN3O4S/c1-5-9-21(30-25(34)23(32)27(2,3)4)24(33)31-26-29-15-22(36-26)20-13-7-6-10-17(20)16-35-19-12-8-11-18(28)14-19/h6-8,10-15,21,23,32H,5,9,16H2,1-4H3,(H,30,34)(H,29,31,33)/t21?,23-/m1/s1. The lowest BCUT2D eigenvalue weighted by Gasteiger charge is -2.26. The molecule has 9 heteroatoms. The summed E-state index contributed by atoms with van der Waals surface area (Å²) >= 11 is 1.30. The third kappa shape index (κ3) is 7.35. The van der Waals surface area contributed by atoms with Crippen molar-refractivity contribution < 1.29 is 23.8 Å². The molecule has 2 aromatic carbocycles. The molecule has 0 spiro atoms. The third-order valence-electron chi connectivity index (χ3n) is 5.49. The Morgan fingerprint density at radius 3 is 2.58 bits per heavy atom. The first-order chi connectivity index (χ1) is 17.1. The topological polar surface area (TPSA) is 101 Å². The molecule has 1 heterocycles. The van der Waals surface area contributed by atoms with Crippen LogP contribution < -0.4 is 15.4 Å². The zero-order valence-electron chi connectivity index (χ0n) is 20.9. The molecule has 0 bridgehead atoms. The maximum atomic E-state index is 13.5. The van der Waals surface area contributed by atoms with Gasteiger partial charge in [0.2, 0.25) is 11.8 Å². The quantitative estimate of drug-likeness (QED) is 0.348. The molecule has 3 rings (SSSR count). The Kier molecular flexibility index (Phi) is 9.17. The summed E-state index contributed by atoms with van der Waals surface area (Å²) in [6.45, 7) is 7.41. The molecule has 0 fully saturated rings. The molecule has 36 heavy (non-hydrogen) atoms. The van der Waals surface area contributed by atoms with Crippen molar-refractivity contribution in [3.63, 3.8) is 0 Å². The first-order valence-corrected chi connectivity index (χ1v) is 12.6. The Morgan fingerprint density at radius 1 is 1.14 bits per heavy atom. The number of hydrogen-bond donors (Lipinski definition) is 3. The van der Waals surface area contributed by atoms with Crippen molar-refractivity contribution in [2.75, 3.05) is 5.32 Å². The second-order valence-electron chi connectivity index (χ2n) is 9.54. The summed E-state index contributed by atoms with van der Waals surface area (Å²) < 4.78 is 19.2. The van der Waals surface area contributed by atoms with Crippen LogP contribution in [-0.2, 0) is 16.2 Å². The van der Waals surface area contributed by atoms with Gasteiger partial charge >= 0.3 is 0 Å². The van der Waals surface area contributed by atoms with Crippen LogP contribution in [0, 0.1) is 11.2 Å². The average molecular weight is 514 g/mol. The van der Waals surface area contributed by atoms with E-state index >= 15 is 0 Å². The Bertz CT molecular complexity index is 1190. The highest BCUT2D eigenvalue weighted by molar-refractivity contribution is 7.19. The van der Waals surface area contributed by atoms with E-state index in [4.69, 9.17) is 4.74 Å². The van der Waals surface area contributed by atoms with Crippen molar-refractivity contribution >= 4 is 28.3 Å². The van der Waals surface area contributed by atoms with Crippen molar-refractivity contribution in [1.82, 2.24) is 10.3 Å². The summed E-state index contributed by atoms with van der Waals surface area (Å²) in [6.07, 6.45) is 1.53. The zero-order chi connectivity index (χ0) is 26.3. The van der Waals surface area contributed by atoms with Gasteiger partial charge in [0.1, 0.15) is 30.3 Å². The first-order valence-electron chi connectivity index (χ1n) is 11.8. The highest BCUT2D eigenvalue weighted by Crippen LogP contribution is 2.32. The fraction of sp³-hybridized carbons (Fsp3) is 0.370. The number of amides is 2. The van der Waals surface area contributed by atoms with E-state index in [1.165, 1.54) is 23.5 Å². The second kappa shape index (κ2) is 12.1. The van der Waals surface area contributed by atoms with E-state index in [9.17, 15) is 19.1 Å². The summed E-state index contributed by atoms with van der Waals surface area (Å²) in [4.78, 5) is 30.5. The van der Waals surface area contributed by atoms with Crippen LogP contribution in [0.5, 0.6) is 5.75 Å². The van der Waals surface area contributed by atoms with Gasteiger partial charge in [0.05, 0.1) is 4.88 Å². The van der Waals surface area contributed by atoms with Gasteiger partial charge in [0.25, 0.3) is 0 Å². The summed E-state index contributed by atoms with van der Waals surface area (Å²) in [6, 6.07) is 12.8. The lowest BCUT2D eigenvalue weighted by atomic mass is 9.88. The Labute approximate surface area is 214 Å². The van der Waals surface area contributed by atoms with Crippen molar-refractivity contribution in [2.45, 2.75) is 59.3 Å². The minimum absolute atomic E-state index is 0.236. The molecule has 0 aliphatic carbocycles. The number of thiazole rings is 1. The van der Waals surface area contributed by atoms with E-state index in [1.807, 2.05) is 31.2 Å². The van der Waals surface area contributed by atoms with E-state index in [2.05, 4.69) is 15.6 Å². The minimum atomic E-state index is -1.23. The number of halogens is 1. The van der Waals surface area contributed by atoms with Gasteiger partial charge in [-0.2, -0.15) is 0 Å².